The maximum absolute atomic E-state index is 12.1. The largest absolute Gasteiger partial charge is 0.481 e. The summed E-state index contributed by atoms with van der Waals surface area (Å²) in [5, 5.41) is 12.0. The number of amides is 2. The van der Waals surface area contributed by atoms with Crippen molar-refractivity contribution in [3.8, 4) is 0 Å². The predicted molar refractivity (Wildman–Crippen MR) is 84.8 cm³/mol. The van der Waals surface area contributed by atoms with Crippen LogP contribution in [0.25, 0.3) is 0 Å². The van der Waals surface area contributed by atoms with Crippen molar-refractivity contribution in [3.05, 3.63) is 35.4 Å². The van der Waals surface area contributed by atoms with E-state index in [4.69, 9.17) is 0 Å². The van der Waals surface area contributed by atoms with E-state index in [9.17, 15) is 19.5 Å². The Morgan fingerprint density at radius 3 is 2.74 bits per heavy atom. The third-order valence-corrected chi connectivity index (χ3v) is 4.15. The molecule has 1 aromatic rings. The van der Waals surface area contributed by atoms with Crippen LogP contribution in [0.15, 0.2) is 24.3 Å². The zero-order valence-corrected chi connectivity index (χ0v) is 13.4. The minimum Gasteiger partial charge on any atom is -0.481 e. The number of carboxylic acid groups (broad SMARTS) is 1. The number of carbonyl (C=O) groups excluding carboxylic acids is 2. The van der Waals surface area contributed by atoms with Crippen LogP contribution in [0.2, 0.25) is 0 Å². The lowest BCUT2D eigenvalue weighted by atomic mass is 9.98. The van der Waals surface area contributed by atoms with E-state index < -0.39 is 11.9 Å². The van der Waals surface area contributed by atoms with Gasteiger partial charge in [-0.15, -0.1) is 0 Å². The average Bonchev–Trinajstić information content (AvgIpc) is 2.82. The number of aliphatic carboxylic acids is 1. The molecule has 1 aromatic carbocycles. The van der Waals surface area contributed by atoms with E-state index in [1.165, 1.54) is 4.90 Å². The molecule has 1 aliphatic rings. The predicted octanol–water partition coefficient (Wildman–Crippen LogP) is 0.833. The summed E-state index contributed by atoms with van der Waals surface area (Å²) in [7, 11) is 1.66. The summed E-state index contributed by atoms with van der Waals surface area (Å²) in [6.07, 6.45) is 0.554. The van der Waals surface area contributed by atoms with Crippen molar-refractivity contribution >= 4 is 17.8 Å². The van der Waals surface area contributed by atoms with Gasteiger partial charge in [-0.1, -0.05) is 29.8 Å². The van der Waals surface area contributed by atoms with Gasteiger partial charge in [-0.05, 0) is 18.9 Å². The van der Waals surface area contributed by atoms with E-state index in [0.717, 1.165) is 11.1 Å². The summed E-state index contributed by atoms with van der Waals surface area (Å²) in [6.45, 7) is 2.41. The highest BCUT2D eigenvalue weighted by Crippen LogP contribution is 2.16. The maximum Gasteiger partial charge on any atom is 0.308 e. The number of hydrogen-bond donors (Lipinski definition) is 2. The molecule has 2 rings (SSSR count). The SMILES string of the molecule is Cc1cccc(C[C@H](CNC(=O)[C@H]2CC(=O)N(C)C2)C(=O)O)c1. The zero-order valence-electron chi connectivity index (χ0n) is 13.4. The number of hydrogen-bond acceptors (Lipinski definition) is 3. The van der Waals surface area contributed by atoms with E-state index in [1.807, 2.05) is 31.2 Å². The molecule has 0 radical (unpaired) electrons. The van der Waals surface area contributed by atoms with Crippen molar-refractivity contribution in [3.63, 3.8) is 0 Å². The van der Waals surface area contributed by atoms with Gasteiger partial charge < -0.3 is 15.3 Å². The number of carboxylic acids is 1. The molecule has 1 saturated heterocycles. The molecule has 0 aromatic heterocycles. The van der Waals surface area contributed by atoms with Crippen LogP contribution in [-0.2, 0) is 20.8 Å². The fraction of sp³-hybridized carbons (Fsp3) is 0.471. The number of carbonyl (C=O) groups is 3. The van der Waals surface area contributed by atoms with Crippen molar-refractivity contribution < 1.29 is 19.5 Å². The molecule has 2 N–H and O–H groups in total. The molecule has 0 unspecified atom stereocenters. The fourth-order valence-electron chi connectivity index (χ4n) is 2.78. The molecule has 0 bridgehead atoms. The van der Waals surface area contributed by atoms with Crippen LogP contribution in [0, 0.1) is 18.8 Å². The van der Waals surface area contributed by atoms with Crippen LogP contribution < -0.4 is 5.32 Å². The van der Waals surface area contributed by atoms with Crippen molar-refractivity contribution in [2.24, 2.45) is 11.8 Å². The lowest BCUT2D eigenvalue weighted by molar-refractivity contribution is -0.141. The number of rotatable bonds is 6. The first-order chi connectivity index (χ1) is 10.9. The Morgan fingerprint density at radius 1 is 1.43 bits per heavy atom. The molecule has 1 heterocycles. The van der Waals surface area contributed by atoms with Crippen molar-refractivity contribution in [2.75, 3.05) is 20.1 Å². The van der Waals surface area contributed by atoms with Gasteiger partial charge in [-0.2, -0.15) is 0 Å². The Hall–Kier alpha value is -2.37. The summed E-state index contributed by atoms with van der Waals surface area (Å²) in [5.41, 5.74) is 2.01. The Morgan fingerprint density at radius 2 is 2.17 bits per heavy atom. The van der Waals surface area contributed by atoms with Crippen molar-refractivity contribution in [1.29, 1.82) is 0 Å². The highest BCUT2D eigenvalue weighted by Gasteiger charge is 2.32. The lowest BCUT2D eigenvalue weighted by Crippen LogP contribution is -2.38. The normalized spacial score (nSPS) is 18.8. The number of likely N-dealkylation sites (tertiary alicyclic amines) is 1. The monoisotopic (exact) mass is 318 g/mol. The summed E-state index contributed by atoms with van der Waals surface area (Å²) in [5.74, 6) is -2.32. The second-order valence-electron chi connectivity index (χ2n) is 6.15. The van der Waals surface area contributed by atoms with E-state index in [-0.39, 0.29) is 30.7 Å². The van der Waals surface area contributed by atoms with Crippen LogP contribution in [-0.4, -0.2) is 47.9 Å². The summed E-state index contributed by atoms with van der Waals surface area (Å²) in [6, 6.07) is 7.68. The molecule has 1 fully saturated rings. The van der Waals surface area contributed by atoms with Crippen LogP contribution in [0.4, 0.5) is 0 Å². The highest BCUT2D eigenvalue weighted by atomic mass is 16.4. The van der Waals surface area contributed by atoms with Gasteiger partial charge in [0.05, 0.1) is 11.8 Å². The second-order valence-corrected chi connectivity index (χ2v) is 6.15. The molecule has 0 saturated carbocycles. The molecular weight excluding hydrogens is 296 g/mol. The van der Waals surface area contributed by atoms with Gasteiger partial charge in [-0.25, -0.2) is 0 Å². The molecule has 6 heteroatoms. The highest BCUT2D eigenvalue weighted by molar-refractivity contribution is 5.89. The smallest absolute Gasteiger partial charge is 0.308 e. The molecule has 124 valence electrons. The van der Waals surface area contributed by atoms with E-state index >= 15 is 0 Å². The summed E-state index contributed by atoms with van der Waals surface area (Å²) >= 11 is 0. The molecule has 6 nitrogen and oxygen atoms in total. The quantitative estimate of drug-likeness (QED) is 0.813. The third-order valence-electron chi connectivity index (χ3n) is 4.15. The summed E-state index contributed by atoms with van der Waals surface area (Å²) < 4.78 is 0. The maximum atomic E-state index is 12.1. The molecular formula is C17H22N2O4. The summed E-state index contributed by atoms with van der Waals surface area (Å²) in [4.78, 5) is 36.5. The Labute approximate surface area is 135 Å². The van der Waals surface area contributed by atoms with E-state index in [0.29, 0.717) is 13.0 Å². The van der Waals surface area contributed by atoms with Gasteiger partial charge in [-0.3, -0.25) is 14.4 Å². The number of nitrogens with zero attached hydrogens (tertiary/aromatic N) is 1. The first kappa shape index (κ1) is 17.0. The zero-order chi connectivity index (χ0) is 17.0. The van der Waals surface area contributed by atoms with Gasteiger partial charge in [0.1, 0.15) is 0 Å². The molecule has 23 heavy (non-hydrogen) atoms. The van der Waals surface area contributed by atoms with Crippen LogP contribution in [0.5, 0.6) is 0 Å². The number of aryl methyl sites for hydroxylation is 1. The molecule has 2 atom stereocenters. The first-order valence-corrected chi connectivity index (χ1v) is 7.67. The topological polar surface area (TPSA) is 86.7 Å². The first-order valence-electron chi connectivity index (χ1n) is 7.67. The standard InChI is InChI=1S/C17H22N2O4/c1-11-4-3-5-12(6-11)7-13(17(22)23)9-18-16(21)14-8-15(20)19(2)10-14/h3-6,13-14H,7-10H2,1-2H3,(H,18,21)(H,22,23)/t13-,14+/m1/s1. The fourth-order valence-corrected chi connectivity index (χ4v) is 2.78. The van der Waals surface area contributed by atoms with Crippen molar-refractivity contribution in [1.82, 2.24) is 10.2 Å². The van der Waals surface area contributed by atoms with Crippen molar-refractivity contribution in [2.45, 2.75) is 19.8 Å². The minimum atomic E-state index is -0.938. The van der Waals surface area contributed by atoms with Gasteiger partial charge in [0, 0.05) is 26.6 Å². The number of nitrogens with one attached hydrogen (secondary N) is 1. The van der Waals surface area contributed by atoms with Crippen LogP contribution in [0.1, 0.15) is 17.5 Å². The van der Waals surface area contributed by atoms with E-state index in [1.54, 1.807) is 7.05 Å². The van der Waals surface area contributed by atoms with Gasteiger partial charge in [0.15, 0.2) is 0 Å². The van der Waals surface area contributed by atoms with Gasteiger partial charge in [0.2, 0.25) is 11.8 Å². The Balaban J connectivity index is 1.91. The van der Waals surface area contributed by atoms with Gasteiger partial charge in [0.25, 0.3) is 0 Å². The second kappa shape index (κ2) is 7.26. The third kappa shape index (κ3) is 4.55. The average molecular weight is 318 g/mol. The van der Waals surface area contributed by atoms with Crippen LogP contribution >= 0.6 is 0 Å². The van der Waals surface area contributed by atoms with Crippen LogP contribution in [0.3, 0.4) is 0 Å². The van der Waals surface area contributed by atoms with E-state index in [2.05, 4.69) is 5.32 Å². The molecule has 2 amide bonds. The molecule has 0 aliphatic carbocycles. The minimum absolute atomic E-state index is 0.0558. The molecule has 1 aliphatic heterocycles. The Kier molecular flexibility index (Phi) is 5.36. The lowest BCUT2D eigenvalue weighted by Gasteiger charge is -2.16. The van der Waals surface area contributed by atoms with Gasteiger partial charge >= 0.3 is 5.97 Å². The number of benzene rings is 1. The Bertz CT molecular complexity index is 614. The molecule has 0 spiro atoms.